The van der Waals surface area contributed by atoms with Gasteiger partial charge in [0, 0.05) is 6.54 Å². The first-order chi connectivity index (χ1) is 11.3. The highest BCUT2D eigenvalue weighted by Crippen LogP contribution is 2.34. The summed E-state index contributed by atoms with van der Waals surface area (Å²) in [5.74, 6) is 0.335. The van der Waals surface area contributed by atoms with Gasteiger partial charge in [-0.05, 0) is 69.4 Å². The fourth-order valence-corrected chi connectivity index (χ4v) is 2.46. The van der Waals surface area contributed by atoms with Crippen molar-refractivity contribution in [1.82, 2.24) is 0 Å². The SMILES string of the molecule is CC(C)(C)OC(=O)C1=NCCC(c2ccc(N)c(OC3CC3)c2)=C1. The standard InChI is InChI=1S/C19H24N2O3/c1-19(2,3)24-18(22)16-10-13(8-9-21-16)12-4-7-15(20)17(11-12)23-14-5-6-14/h4,7,10-11,14H,5-6,8-9,20H2,1-3H3. The number of carbonyl (C=O) groups excluding carboxylic acids is 1. The molecule has 0 aromatic heterocycles. The van der Waals surface area contributed by atoms with E-state index in [1.165, 1.54) is 0 Å². The Bertz CT molecular complexity index is 710. The van der Waals surface area contributed by atoms with Crippen LogP contribution < -0.4 is 10.5 Å². The number of carbonyl (C=O) groups is 1. The van der Waals surface area contributed by atoms with E-state index in [0.29, 0.717) is 24.0 Å². The number of nitrogen functional groups attached to an aromatic ring is 1. The van der Waals surface area contributed by atoms with Crippen LogP contribution in [0.25, 0.3) is 5.57 Å². The van der Waals surface area contributed by atoms with Crippen molar-refractivity contribution in [2.45, 2.75) is 51.7 Å². The summed E-state index contributed by atoms with van der Waals surface area (Å²) < 4.78 is 11.3. The van der Waals surface area contributed by atoms with E-state index in [1.54, 1.807) is 0 Å². The quantitative estimate of drug-likeness (QED) is 0.679. The number of rotatable bonds is 4. The van der Waals surface area contributed by atoms with Gasteiger partial charge in [0.05, 0.1) is 11.8 Å². The third-order valence-corrected chi connectivity index (χ3v) is 3.78. The monoisotopic (exact) mass is 328 g/mol. The highest BCUT2D eigenvalue weighted by atomic mass is 16.6. The van der Waals surface area contributed by atoms with E-state index in [2.05, 4.69) is 4.99 Å². The number of esters is 1. The van der Waals surface area contributed by atoms with Crippen LogP contribution in [0.3, 0.4) is 0 Å². The number of ether oxygens (including phenoxy) is 2. The Morgan fingerprint density at radius 2 is 2.04 bits per heavy atom. The van der Waals surface area contributed by atoms with Gasteiger partial charge in [0.1, 0.15) is 17.1 Å². The van der Waals surface area contributed by atoms with Crippen molar-refractivity contribution in [3.8, 4) is 5.75 Å². The second-order valence-corrected chi connectivity index (χ2v) is 7.26. The lowest BCUT2D eigenvalue weighted by atomic mass is 9.98. The van der Waals surface area contributed by atoms with E-state index in [1.807, 2.05) is 45.0 Å². The highest BCUT2D eigenvalue weighted by Gasteiger charge is 2.25. The van der Waals surface area contributed by atoms with E-state index in [9.17, 15) is 4.79 Å². The van der Waals surface area contributed by atoms with Gasteiger partial charge in [-0.3, -0.25) is 4.99 Å². The van der Waals surface area contributed by atoms with Crippen molar-refractivity contribution >= 4 is 22.9 Å². The van der Waals surface area contributed by atoms with Gasteiger partial charge in [0.2, 0.25) is 0 Å². The maximum absolute atomic E-state index is 12.2. The van der Waals surface area contributed by atoms with E-state index in [4.69, 9.17) is 15.2 Å². The van der Waals surface area contributed by atoms with Gasteiger partial charge in [-0.2, -0.15) is 0 Å². The Morgan fingerprint density at radius 1 is 1.29 bits per heavy atom. The molecule has 1 aromatic carbocycles. The molecule has 1 fully saturated rings. The summed E-state index contributed by atoms with van der Waals surface area (Å²) in [6, 6.07) is 5.77. The second-order valence-electron chi connectivity index (χ2n) is 7.26. The van der Waals surface area contributed by atoms with Gasteiger partial charge >= 0.3 is 5.97 Å². The third kappa shape index (κ3) is 4.16. The first-order valence-corrected chi connectivity index (χ1v) is 8.37. The zero-order valence-corrected chi connectivity index (χ0v) is 14.5. The first kappa shape index (κ1) is 16.6. The number of dihydropyridines is 1. The van der Waals surface area contributed by atoms with Crippen molar-refractivity contribution in [1.29, 1.82) is 0 Å². The molecule has 2 N–H and O–H groups in total. The van der Waals surface area contributed by atoms with Gasteiger partial charge in [0.25, 0.3) is 0 Å². The maximum atomic E-state index is 12.2. The molecule has 3 rings (SSSR count). The minimum Gasteiger partial charge on any atom is -0.488 e. The Hall–Kier alpha value is -2.30. The lowest BCUT2D eigenvalue weighted by Crippen LogP contribution is -2.29. The summed E-state index contributed by atoms with van der Waals surface area (Å²) >= 11 is 0. The zero-order valence-electron chi connectivity index (χ0n) is 14.5. The average Bonchev–Trinajstić information content (AvgIpc) is 3.32. The van der Waals surface area contributed by atoms with Crippen molar-refractivity contribution in [2.24, 2.45) is 4.99 Å². The lowest BCUT2D eigenvalue weighted by molar-refractivity contribution is -0.146. The molecule has 0 spiro atoms. The summed E-state index contributed by atoms with van der Waals surface area (Å²) in [6.07, 6.45) is 5.05. The molecule has 0 bridgehead atoms. The van der Waals surface area contributed by atoms with Crippen LogP contribution in [0.15, 0.2) is 29.3 Å². The lowest BCUT2D eigenvalue weighted by Gasteiger charge is -2.21. The summed E-state index contributed by atoms with van der Waals surface area (Å²) in [7, 11) is 0. The number of nitrogens with zero attached hydrogens (tertiary/aromatic N) is 1. The molecule has 1 aromatic rings. The number of anilines is 1. The van der Waals surface area contributed by atoms with Crippen LogP contribution in [0.5, 0.6) is 5.75 Å². The van der Waals surface area contributed by atoms with Gasteiger partial charge in [-0.1, -0.05) is 6.07 Å². The van der Waals surface area contributed by atoms with Crippen LogP contribution in [0.4, 0.5) is 5.69 Å². The van der Waals surface area contributed by atoms with Crippen LogP contribution >= 0.6 is 0 Å². The van der Waals surface area contributed by atoms with Crippen LogP contribution in [-0.4, -0.2) is 29.9 Å². The minimum absolute atomic E-state index is 0.293. The minimum atomic E-state index is -0.530. The molecule has 128 valence electrons. The molecule has 24 heavy (non-hydrogen) atoms. The molecule has 2 aliphatic rings. The molecule has 1 saturated carbocycles. The fraction of sp³-hybridized carbons (Fsp3) is 0.474. The Kier molecular flexibility index (Phi) is 4.35. The Labute approximate surface area is 142 Å². The smallest absolute Gasteiger partial charge is 0.356 e. The maximum Gasteiger partial charge on any atom is 0.356 e. The summed E-state index contributed by atoms with van der Waals surface area (Å²) in [6.45, 7) is 6.12. The highest BCUT2D eigenvalue weighted by molar-refractivity contribution is 6.42. The number of nitrogens with two attached hydrogens (primary N) is 1. The normalized spacial score (nSPS) is 17.8. The molecule has 1 aliphatic carbocycles. The van der Waals surface area contributed by atoms with Crippen molar-refractivity contribution in [3.05, 3.63) is 29.8 Å². The topological polar surface area (TPSA) is 73.9 Å². The molecule has 5 heteroatoms. The molecule has 0 radical (unpaired) electrons. The van der Waals surface area contributed by atoms with Gasteiger partial charge < -0.3 is 15.2 Å². The predicted molar refractivity (Wildman–Crippen MR) is 95.2 cm³/mol. The summed E-state index contributed by atoms with van der Waals surface area (Å²) in [5, 5.41) is 0. The molecule has 0 unspecified atom stereocenters. The molecular formula is C19H24N2O3. The average molecular weight is 328 g/mol. The largest absolute Gasteiger partial charge is 0.488 e. The van der Waals surface area contributed by atoms with Crippen LogP contribution in [0, 0.1) is 0 Å². The van der Waals surface area contributed by atoms with E-state index in [-0.39, 0.29) is 5.97 Å². The van der Waals surface area contributed by atoms with Gasteiger partial charge in [-0.25, -0.2) is 4.79 Å². The number of hydrogen-bond acceptors (Lipinski definition) is 5. The van der Waals surface area contributed by atoms with E-state index < -0.39 is 5.60 Å². The number of benzene rings is 1. The van der Waals surface area contributed by atoms with Crippen LogP contribution in [0.1, 0.15) is 45.6 Å². The zero-order chi connectivity index (χ0) is 17.3. The van der Waals surface area contributed by atoms with Gasteiger partial charge in [0.15, 0.2) is 0 Å². The Morgan fingerprint density at radius 3 is 2.71 bits per heavy atom. The number of hydrogen-bond donors (Lipinski definition) is 1. The predicted octanol–water partition coefficient (Wildman–Crippen LogP) is 3.38. The number of aliphatic imine (C=N–C) groups is 1. The molecule has 5 nitrogen and oxygen atoms in total. The van der Waals surface area contributed by atoms with Crippen molar-refractivity contribution in [3.63, 3.8) is 0 Å². The molecule has 0 saturated heterocycles. The molecule has 1 aliphatic heterocycles. The summed E-state index contributed by atoms with van der Waals surface area (Å²) in [5.41, 5.74) is 8.54. The molecule has 0 amide bonds. The fourth-order valence-electron chi connectivity index (χ4n) is 2.46. The third-order valence-electron chi connectivity index (χ3n) is 3.78. The molecule has 0 atom stereocenters. The van der Waals surface area contributed by atoms with Crippen molar-refractivity contribution in [2.75, 3.05) is 12.3 Å². The molecular weight excluding hydrogens is 304 g/mol. The van der Waals surface area contributed by atoms with Crippen LogP contribution in [0.2, 0.25) is 0 Å². The van der Waals surface area contributed by atoms with Gasteiger partial charge in [-0.15, -0.1) is 0 Å². The van der Waals surface area contributed by atoms with E-state index in [0.717, 1.165) is 36.1 Å². The van der Waals surface area contributed by atoms with Crippen LogP contribution in [-0.2, 0) is 9.53 Å². The van der Waals surface area contributed by atoms with Crippen molar-refractivity contribution < 1.29 is 14.3 Å². The second kappa shape index (κ2) is 6.30. The Balaban J connectivity index is 1.81. The first-order valence-electron chi connectivity index (χ1n) is 8.37. The van der Waals surface area contributed by atoms with E-state index >= 15 is 0 Å². The summed E-state index contributed by atoms with van der Waals surface area (Å²) in [4.78, 5) is 16.5. The molecule has 1 heterocycles.